The van der Waals surface area contributed by atoms with Crippen molar-refractivity contribution in [2.45, 2.75) is 55.4 Å². The lowest BCUT2D eigenvalue weighted by Crippen LogP contribution is -2.65. The van der Waals surface area contributed by atoms with Gasteiger partial charge in [-0.3, -0.25) is 0 Å². The molecular formula is C74H56B2N4. The van der Waals surface area contributed by atoms with Crippen LogP contribution in [0.4, 0.5) is 34.1 Å². The van der Waals surface area contributed by atoms with Crippen molar-refractivity contribution in [1.82, 2.24) is 9.13 Å². The second kappa shape index (κ2) is 16.2. The zero-order valence-corrected chi connectivity index (χ0v) is 46.4. The lowest BCUT2D eigenvalue weighted by atomic mass is 9.30. The summed E-state index contributed by atoms with van der Waals surface area (Å²) >= 11 is 0. The van der Waals surface area contributed by atoms with Crippen LogP contribution in [0.2, 0.25) is 0 Å². The minimum absolute atomic E-state index is 0.0674. The van der Waals surface area contributed by atoms with Crippen LogP contribution >= 0.6 is 0 Å². The molecule has 0 amide bonds. The highest BCUT2D eigenvalue weighted by atomic mass is 15.2. The molecule has 0 N–H and O–H groups in total. The summed E-state index contributed by atoms with van der Waals surface area (Å²) in [6.45, 7) is 17.9. The molecule has 11 aromatic carbocycles. The normalized spacial score (nSPS) is 13.4. The summed E-state index contributed by atoms with van der Waals surface area (Å²) < 4.78 is 5.27. The Balaban J connectivity index is 1.06. The van der Waals surface area contributed by atoms with Crippen molar-refractivity contribution in [3.63, 3.8) is 0 Å². The molecule has 0 atom stereocenters. The fourth-order valence-electron chi connectivity index (χ4n) is 15.2. The minimum atomic E-state index is -0.0692. The first kappa shape index (κ1) is 45.7. The number of aromatic nitrogens is 2. The van der Waals surface area contributed by atoms with Crippen LogP contribution in [0.3, 0.4) is 0 Å². The molecule has 0 unspecified atom stereocenters. The van der Waals surface area contributed by atoms with Gasteiger partial charge >= 0.3 is 0 Å². The van der Waals surface area contributed by atoms with Gasteiger partial charge in [0.25, 0.3) is 13.4 Å². The van der Waals surface area contributed by atoms with Crippen LogP contribution in [0.1, 0.15) is 44.5 Å². The molecule has 378 valence electrons. The predicted octanol–water partition coefficient (Wildman–Crippen LogP) is 14.9. The van der Waals surface area contributed by atoms with Crippen molar-refractivity contribution in [3.05, 3.63) is 239 Å². The zero-order chi connectivity index (χ0) is 53.7. The molecule has 4 aliphatic rings. The van der Waals surface area contributed by atoms with Crippen LogP contribution in [0, 0.1) is 55.4 Å². The van der Waals surface area contributed by atoms with E-state index in [0.29, 0.717) is 0 Å². The third-order valence-electron chi connectivity index (χ3n) is 18.7. The lowest BCUT2D eigenvalue weighted by Gasteiger charge is -2.45. The van der Waals surface area contributed by atoms with E-state index in [2.05, 4.69) is 268 Å². The highest BCUT2D eigenvalue weighted by Gasteiger charge is 2.48. The Morgan fingerprint density at radius 2 is 0.762 bits per heavy atom. The minimum Gasteiger partial charge on any atom is -0.311 e. The SMILES string of the molecule is Cc1ccc(N2c3cc4c(cc3B3c5c2cc(-c2ccccc2C)cc5-n2c5ccc(C)cc5c5cc(C)cc3c52)B2c3c(cc(-c5ccccc5C)cc3-n3c5ccc(C)cc5c5ccc(C)c2c53)N4c2ccc(C)cc2)cc1. The smallest absolute Gasteiger partial charge is 0.252 e. The van der Waals surface area contributed by atoms with Crippen LogP contribution in [-0.4, -0.2) is 22.6 Å². The quantitative estimate of drug-likeness (QED) is 0.163. The molecule has 0 saturated heterocycles. The van der Waals surface area contributed by atoms with Gasteiger partial charge in [0.05, 0.1) is 11.0 Å². The van der Waals surface area contributed by atoms with Crippen LogP contribution in [-0.2, 0) is 0 Å². The van der Waals surface area contributed by atoms with E-state index in [1.165, 1.54) is 177 Å². The molecule has 0 bridgehead atoms. The molecule has 4 nitrogen and oxygen atoms in total. The van der Waals surface area contributed by atoms with E-state index in [-0.39, 0.29) is 13.4 Å². The van der Waals surface area contributed by atoms with Crippen LogP contribution in [0.5, 0.6) is 0 Å². The molecule has 0 saturated carbocycles. The number of rotatable bonds is 4. The highest BCUT2D eigenvalue weighted by molar-refractivity contribution is 7.03. The molecule has 80 heavy (non-hydrogen) atoms. The van der Waals surface area contributed by atoms with Crippen molar-refractivity contribution < 1.29 is 0 Å². The molecule has 0 radical (unpaired) electrons. The van der Waals surface area contributed by atoms with Gasteiger partial charge in [0, 0.05) is 78.1 Å². The summed E-state index contributed by atoms with van der Waals surface area (Å²) in [5, 5.41) is 5.23. The maximum absolute atomic E-state index is 2.70. The fraction of sp³-hybridized carbons (Fsp3) is 0.108. The average molecular weight is 1020 g/mol. The van der Waals surface area contributed by atoms with E-state index in [4.69, 9.17) is 0 Å². The van der Waals surface area contributed by atoms with E-state index in [1.807, 2.05) is 0 Å². The Bertz CT molecular complexity index is 4940. The van der Waals surface area contributed by atoms with Gasteiger partial charge in [-0.25, -0.2) is 0 Å². The molecule has 6 heterocycles. The molecule has 0 aliphatic carbocycles. The molecule has 13 aromatic rings. The number of anilines is 6. The number of nitrogens with zero attached hydrogens (tertiary/aromatic N) is 4. The molecule has 2 aromatic heterocycles. The Kier molecular flexibility index (Phi) is 9.25. The third kappa shape index (κ3) is 6.08. The summed E-state index contributed by atoms with van der Waals surface area (Å²) in [6.07, 6.45) is 0. The maximum atomic E-state index is 2.70. The maximum Gasteiger partial charge on any atom is 0.252 e. The van der Waals surface area contributed by atoms with Crippen molar-refractivity contribution in [2.24, 2.45) is 0 Å². The van der Waals surface area contributed by atoms with Gasteiger partial charge in [-0.05, 0) is 206 Å². The van der Waals surface area contributed by atoms with Gasteiger partial charge in [-0.15, -0.1) is 0 Å². The number of aryl methyl sites for hydroxylation is 8. The molecule has 0 fully saturated rings. The summed E-state index contributed by atoms with van der Waals surface area (Å²) in [6, 6.07) is 75.7. The van der Waals surface area contributed by atoms with Crippen LogP contribution in [0.25, 0.3) is 77.2 Å². The summed E-state index contributed by atoms with van der Waals surface area (Å²) in [7, 11) is 0. The van der Waals surface area contributed by atoms with E-state index in [9.17, 15) is 0 Å². The fourth-order valence-corrected chi connectivity index (χ4v) is 15.2. The molecule has 4 aliphatic heterocycles. The first-order chi connectivity index (χ1) is 39.0. The Morgan fingerprint density at radius 3 is 1.32 bits per heavy atom. The van der Waals surface area contributed by atoms with Gasteiger partial charge in [0.1, 0.15) is 0 Å². The monoisotopic (exact) mass is 1020 g/mol. The zero-order valence-electron chi connectivity index (χ0n) is 46.4. The average Bonchev–Trinajstić information content (AvgIpc) is 2.98. The van der Waals surface area contributed by atoms with Gasteiger partial charge in [-0.2, -0.15) is 0 Å². The Morgan fingerprint density at radius 1 is 0.287 bits per heavy atom. The standard InChI is InChI=1S/C74H56B2N4/c1-41-17-24-51(25-18-41)77-64-40-65-60(39-59(64)75-61-34-45(5)33-58-57-32-44(4)22-30-63(57)79(73(58)61)68-37-49(35-66(77)71(68)75)53-15-11-9-13-46(53)6)76-70-48(8)23-28-55-56-31-43(3)21-29-62(56)80(74(55)70)69-38-50(54-16-12-10-14-47(54)7)36-67(72(69)76)78(65)52-26-19-42(2)20-27-52/h9-40H,1-8H3. The van der Waals surface area contributed by atoms with Crippen molar-refractivity contribution >= 4 is 124 Å². The number of fused-ring (bicyclic) bond motifs is 14. The van der Waals surface area contributed by atoms with E-state index < -0.39 is 0 Å². The summed E-state index contributed by atoms with van der Waals surface area (Å²) in [5.74, 6) is 0. The first-order valence-electron chi connectivity index (χ1n) is 28.5. The van der Waals surface area contributed by atoms with E-state index >= 15 is 0 Å². The van der Waals surface area contributed by atoms with E-state index in [1.54, 1.807) is 0 Å². The second-order valence-corrected chi connectivity index (χ2v) is 23.8. The largest absolute Gasteiger partial charge is 0.311 e. The van der Waals surface area contributed by atoms with Crippen molar-refractivity contribution in [1.29, 1.82) is 0 Å². The molecule has 0 spiro atoms. The Labute approximate surface area is 468 Å². The first-order valence-corrected chi connectivity index (χ1v) is 28.5. The number of benzene rings is 11. The van der Waals surface area contributed by atoms with Crippen molar-refractivity contribution in [3.8, 4) is 33.6 Å². The topological polar surface area (TPSA) is 16.3 Å². The second-order valence-electron chi connectivity index (χ2n) is 23.8. The van der Waals surface area contributed by atoms with E-state index in [0.717, 1.165) is 11.4 Å². The Hall–Kier alpha value is -9.25. The molecular weight excluding hydrogens is 966 g/mol. The van der Waals surface area contributed by atoms with Gasteiger partial charge in [-0.1, -0.05) is 143 Å². The van der Waals surface area contributed by atoms with Gasteiger partial charge < -0.3 is 18.9 Å². The van der Waals surface area contributed by atoms with Gasteiger partial charge in [0.15, 0.2) is 0 Å². The predicted molar refractivity (Wildman–Crippen MR) is 343 cm³/mol. The third-order valence-corrected chi connectivity index (χ3v) is 18.7. The molecule has 6 heteroatoms. The van der Waals surface area contributed by atoms with Crippen LogP contribution in [0.15, 0.2) is 194 Å². The van der Waals surface area contributed by atoms with Crippen LogP contribution < -0.4 is 42.6 Å². The number of hydrogen-bond donors (Lipinski definition) is 0. The van der Waals surface area contributed by atoms with Crippen molar-refractivity contribution in [2.75, 3.05) is 9.80 Å². The summed E-state index contributed by atoms with van der Waals surface area (Å²) in [5.41, 5.74) is 38.0. The molecule has 17 rings (SSSR count). The summed E-state index contributed by atoms with van der Waals surface area (Å²) in [4.78, 5) is 5.26. The lowest BCUT2D eigenvalue weighted by molar-refractivity contribution is 1.17. The van der Waals surface area contributed by atoms with Gasteiger partial charge in [0.2, 0.25) is 0 Å². The highest BCUT2D eigenvalue weighted by Crippen LogP contribution is 2.49. The number of hydrogen-bond acceptors (Lipinski definition) is 2.